The van der Waals surface area contributed by atoms with E-state index < -0.39 is 6.10 Å². The van der Waals surface area contributed by atoms with Crippen molar-refractivity contribution in [3.8, 4) is 0 Å². The molecule has 0 aliphatic carbocycles. The largest absolute Gasteiger partial charge is 0.389 e. The number of hydrogen-bond acceptors (Lipinski definition) is 4. The summed E-state index contributed by atoms with van der Waals surface area (Å²) < 4.78 is 19.5. The Bertz CT molecular complexity index is 628. The molecule has 1 aliphatic rings. The molecule has 1 aromatic rings. The average Bonchev–Trinajstić information content (AvgIpc) is 2.52. The number of β-amino-alcohol motifs (C(OH)–C–C–N with tert-alkyl or cyclic N) is 1. The summed E-state index contributed by atoms with van der Waals surface area (Å²) in [6.07, 6.45) is -0.329. The highest BCUT2D eigenvalue weighted by atomic mass is 19.1. The summed E-state index contributed by atoms with van der Waals surface area (Å²) in [5, 5.41) is 10.4. The van der Waals surface area contributed by atoms with Gasteiger partial charge in [0.25, 0.3) is 0 Å². The highest BCUT2D eigenvalue weighted by Gasteiger charge is 2.26. The van der Waals surface area contributed by atoms with Gasteiger partial charge in [-0.3, -0.25) is 4.79 Å². The van der Waals surface area contributed by atoms with E-state index in [1.807, 2.05) is 39.5 Å². The first kappa shape index (κ1) is 20.6. The van der Waals surface area contributed by atoms with Crippen molar-refractivity contribution in [2.75, 3.05) is 24.6 Å². The summed E-state index contributed by atoms with van der Waals surface area (Å²) in [5.41, 5.74) is 1.29. The van der Waals surface area contributed by atoms with E-state index in [0.717, 1.165) is 11.3 Å². The molecule has 1 unspecified atom stereocenters. The molecule has 1 N–H and O–H groups in total. The minimum Gasteiger partial charge on any atom is -0.389 e. The zero-order valence-electron chi connectivity index (χ0n) is 16.5. The standard InChI is InChI=1S/C20H31FN2O3/c1-14(2)23-11-15-10-16(21)6-7-18(15)22(9-8-19(23)25)12-17(24)13-26-20(3,4)5/h6-7,10,14,17,24H,8-9,11-13H2,1-5H3. The first-order valence-corrected chi connectivity index (χ1v) is 9.21. The molecule has 0 saturated heterocycles. The number of amides is 1. The number of rotatable bonds is 5. The molecule has 0 bridgehead atoms. The molecule has 1 heterocycles. The topological polar surface area (TPSA) is 53.0 Å². The number of benzene rings is 1. The molecule has 0 aromatic heterocycles. The number of ether oxygens (including phenoxy) is 1. The fourth-order valence-electron chi connectivity index (χ4n) is 3.07. The van der Waals surface area contributed by atoms with Crippen molar-refractivity contribution in [1.29, 1.82) is 0 Å². The van der Waals surface area contributed by atoms with Crippen LogP contribution in [0.15, 0.2) is 18.2 Å². The molecule has 26 heavy (non-hydrogen) atoms. The number of anilines is 1. The van der Waals surface area contributed by atoms with Crippen LogP contribution in [0.3, 0.4) is 0 Å². The van der Waals surface area contributed by atoms with Crippen LogP contribution in [0.4, 0.5) is 10.1 Å². The Labute approximate surface area is 155 Å². The van der Waals surface area contributed by atoms with Crippen LogP contribution in [-0.2, 0) is 16.1 Å². The maximum atomic E-state index is 13.8. The van der Waals surface area contributed by atoms with Gasteiger partial charge in [-0.05, 0) is 58.4 Å². The summed E-state index contributed by atoms with van der Waals surface area (Å²) in [7, 11) is 0. The minimum absolute atomic E-state index is 0.0420. The molecule has 1 aromatic carbocycles. The van der Waals surface area contributed by atoms with E-state index >= 15 is 0 Å². The quantitative estimate of drug-likeness (QED) is 0.871. The Morgan fingerprint density at radius 3 is 2.62 bits per heavy atom. The molecule has 6 heteroatoms. The van der Waals surface area contributed by atoms with Crippen molar-refractivity contribution in [1.82, 2.24) is 4.90 Å². The second-order valence-corrected chi connectivity index (χ2v) is 8.16. The Kier molecular flexibility index (Phi) is 6.64. The van der Waals surface area contributed by atoms with Gasteiger partial charge in [-0.2, -0.15) is 0 Å². The third-order valence-corrected chi connectivity index (χ3v) is 4.40. The second-order valence-electron chi connectivity index (χ2n) is 8.16. The van der Waals surface area contributed by atoms with Gasteiger partial charge < -0.3 is 19.6 Å². The van der Waals surface area contributed by atoms with Crippen molar-refractivity contribution in [2.45, 2.75) is 65.3 Å². The molecule has 0 radical (unpaired) electrons. The molecular weight excluding hydrogens is 335 g/mol. The SMILES string of the molecule is CC(C)N1Cc2cc(F)ccc2N(CC(O)COC(C)(C)C)CCC1=O. The number of aliphatic hydroxyl groups is 1. The first-order valence-electron chi connectivity index (χ1n) is 9.21. The Morgan fingerprint density at radius 2 is 2.00 bits per heavy atom. The van der Waals surface area contributed by atoms with Crippen LogP contribution in [0.5, 0.6) is 0 Å². The molecule has 1 atom stereocenters. The number of fused-ring (bicyclic) bond motifs is 1. The van der Waals surface area contributed by atoms with Gasteiger partial charge in [-0.1, -0.05) is 0 Å². The van der Waals surface area contributed by atoms with Crippen LogP contribution in [-0.4, -0.2) is 53.4 Å². The zero-order chi connectivity index (χ0) is 19.5. The van der Waals surface area contributed by atoms with Crippen LogP contribution in [0.25, 0.3) is 0 Å². The molecule has 146 valence electrons. The summed E-state index contributed by atoms with van der Waals surface area (Å²) >= 11 is 0. The predicted octanol–water partition coefficient (Wildman–Crippen LogP) is 2.95. The lowest BCUT2D eigenvalue weighted by Crippen LogP contribution is -2.44. The summed E-state index contributed by atoms with van der Waals surface area (Å²) in [5.74, 6) is -0.280. The van der Waals surface area contributed by atoms with E-state index in [4.69, 9.17) is 4.74 Å². The Morgan fingerprint density at radius 1 is 1.31 bits per heavy atom. The maximum Gasteiger partial charge on any atom is 0.224 e. The van der Waals surface area contributed by atoms with Crippen LogP contribution in [0.1, 0.15) is 46.6 Å². The normalized spacial score (nSPS) is 17.2. The van der Waals surface area contributed by atoms with E-state index in [-0.39, 0.29) is 30.0 Å². The van der Waals surface area contributed by atoms with Gasteiger partial charge in [-0.25, -0.2) is 4.39 Å². The third-order valence-electron chi connectivity index (χ3n) is 4.40. The second kappa shape index (κ2) is 8.35. The van der Waals surface area contributed by atoms with Gasteiger partial charge in [0.05, 0.1) is 18.3 Å². The molecule has 0 saturated carbocycles. The van der Waals surface area contributed by atoms with E-state index in [0.29, 0.717) is 26.1 Å². The van der Waals surface area contributed by atoms with Gasteiger partial charge >= 0.3 is 0 Å². The predicted molar refractivity (Wildman–Crippen MR) is 101 cm³/mol. The maximum absolute atomic E-state index is 13.8. The third kappa shape index (κ3) is 5.68. The highest BCUT2D eigenvalue weighted by Crippen LogP contribution is 2.27. The summed E-state index contributed by atoms with van der Waals surface area (Å²) in [6, 6.07) is 4.69. The lowest BCUT2D eigenvalue weighted by Gasteiger charge is -2.36. The van der Waals surface area contributed by atoms with Gasteiger partial charge in [0, 0.05) is 37.8 Å². The van der Waals surface area contributed by atoms with Crippen LogP contribution < -0.4 is 4.90 Å². The number of carbonyl (C=O) groups excluding carboxylic acids is 1. The number of hydrogen-bond donors (Lipinski definition) is 1. The van der Waals surface area contributed by atoms with E-state index in [9.17, 15) is 14.3 Å². The van der Waals surface area contributed by atoms with E-state index in [1.54, 1.807) is 11.0 Å². The van der Waals surface area contributed by atoms with E-state index in [2.05, 4.69) is 0 Å². The van der Waals surface area contributed by atoms with E-state index in [1.165, 1.54) is 12.1 Å². The minimum atomic E-state index is -0.692. The molecular formula is C20H31FN2O3. The smallest absolute Gasteiger partial charge is 0.224 e. The number of carbonyl (C=O) groups is 1. The lowest BCUT2D eigenvalue weighted by molar-refractivity contribution is -0.133. The zero-order valence-corrected chi connectivity index (χ0v) is 16.5. The van der Waals surface area contributed by atoms with Crippen LogP contribution >= 0.6 is 0 Å². The lowest BCUT2D eigenvalue weighted by atomic mass is 10.1. The fraction of sp³-hybridized carbons (Fsp3) is 0.650. The summed E-state index contributed by atoms with van der Waals surface area (Å²) in [4.78, 5) is 16.2. The van der Waals surface area contributed by atoms with Crippen molar-refractivity contribution in [2.24, 2.45) is 0 Å². The molecule has 2 rings (SSSR count). The van der Waals surface area contributed by atoms with Gasteiger partial charge in [-0.15, -0.1) is 0 Å². The van der Waals surface area contributed by atoms with Crippen LogP contribution in [0, 0.1) is 5.82 Å². The Balaban J connectivity index is 2.22. The highest BCUT2D eigenvalue weighted by molar-refractivity contribution is 5.78. The molecule has 5 nitrogen and oxygen atoms in total. The first-order chi connectivity index (χ1) is 12.1. The fourth-order valence-corrected chi connectivity index (χ4v) is 3.07. The number of halogens is 1. The molecule has 0 fully saturated rings. The number of aliphatic hydroxyl groups excluding tert-OH is 1. The van der Waals surface area contributed by atoms with Gasteiger partial charge in [0.2, 0.25) is 5.91 Å². The molecule has 1 amide bonds. The van der Waals surface area contributed by atoms with Crippen molar-refractivity contribution in [3.05, 3.63) is 29.6 Å². The number of nitrogens with zero attached hydrogens (tertiary/aromatic N) is 2. The van der Waals surface area contributed by atoms with Gasteiger partial charge in [0.1, 0.15) is 5.82 Å². The van der Waals surface area contributed by atoms with Crippen molar-refractivity contribution in [3.63, 3.8) is 0 Å². The summed E-state index contributed by atoms with van der Waals surface area (Å²) in [6.45, 7) is 11.1. The molecule has 0 spiro atoms. The average molecular weight is 366 g/mol. The van der Waals surface area contributed by atoms with Gasteiger partial charge in [0.15, 0.2) is 0 Å². The monoisotopic (exact) mass is 366 g/mol. The van der Waals surface area contributed by atoms with Crippen molar-refractivity contribution >= 4 is 11.6 Å². The molecule has 1 aliphatic heterocycles. The van der Waals surface area contributed by atoms with Crippen molar-refractivity contribution < 1.29 is 19.0 Å². The van der Waals surface area contributed by atoms with Crippen LogP contribution in [0.2, 0.25) is 0 Å². The Hall–Kier alpha value is -1.66.